The third-order valence-electron chi connectivity index (χ3n) is 4.92. The summed E-state index contributed by atoms with van der Waals surface area (Å²) in [5.41, 5.74) is 2.35. The average molecular weight is 416 g/mol. The quantitative estimate of drug-likeness (QED) is 0.670. The number of aliphatic carboxylic acids is 1. The summed E-state index contributed by atoms with van der Waals surface area (Å²) in [6.45, 7) is 4.74. The Hall–Kier alpha value is -2.82. The van der Waals surface area contributed by atoms with Crippen molar-refractivity contribution in [1.82, 2.24) is 4.31 Å². The van der Waals surface area contributed by atoms with Crippen LogP contribution in [0.3, 0.4) is 0 Å². The molecule has 1 unspecified atom stereocenters. The van der Waals surface area contributed by atoms with Crippen molar-refractivity contribution in [2.45, 2.75) is 38.1 Å². The summed E-state index contributed by atoms with van der Waals surface area (Å²) in [5, 5.41) is 9.82. The van der Waals surface area contributed by atoms with Gasteiger partial charge in [-0.05, 0) is 55.5 Å². The molecule has 2 aromatic rings. The topological polar surface area (TPSA) is 83.9 Å². The number of rotatable bonds is 8. The molecule has 0 fully saturated rings. The maximum absolute atomic E-state index is 13.6. The molecule has 0 aliphatic rings. The second-order valence-corrected chi connectivity index (χ2v) is 8.60. The lowest BCUT2D eigenvalue weighted by molar-refractivity contribution is -0.141. The van der Waals surface area contributed by atoms with Gasteiger partial charge in [-0.3, -0.25) is 4.79 Å². The standard InChI is InChI=1S/C22H25NO5S/c1-6-12-23(19(22(24)25)14-18-10-8-7-9-11-18)29(26,27)21-15(2)13-20(28-5)16(3)17(21)4/h1,7-11,13,19H,12,14H2,2-5H3,(H,24,25). The van der Waals surface area contributed by atoms with Gasteiger partial charge < -0.3 is 9.84 Å². The van der Waals surface area contributed by atoms with Gasteiger partial charge in [-0.2, -0.15) is 4.31 Å². The molecule has 6 nitrogen and oxygen atoms in total. The van der Waals surface area contributed by atoms with Gasteiger partial charge in [0.05, 0.1) is 18.6 Å². The number of hydrogen-bond donors (Lipinski definition) is 1. The first-order chi connectivity index (χ1) is 13.6. The molecule has 1 atom stereocenters. The maximum Gasteiger partial charge on any atom is 0.322 e. The SMILES string of the molecule is C#CCN(C(Cc1ccccc1)C(=O)O)S(=O)(=O)c1c(C)cc(OC)c(C)c1C. The number of nitrogens with zero attached hydrogens (tertiary/aromatic N) is 1. The summed E-state index contributed by atoms with van der Waals surface area (Å²) < 4.78 is 33.4. The summed E-state index contributed by atoms with van der Waals surface area (Å²) >= 11 is 0. The van der Waals surface area contributed by atoms with Crippen molar-refractivity contribution >= 4 is 16.0 Å². The zero-order chi connectivity index (χ0) is 21.8. The number of carbonyl (C=O) groups is 1. The van der Waals surface area contributed by atoms with Crippen LogP contribution < -0.4 is 4.74 Å². The first-order valence-corrected chi connectivity index (χ1v) is 10.5. The van der Waals surface area contributed by atoms with Gasteiger partial charge in [-0.25, -0.2) is 8.42 Å². The van der Waals surface area contributed by atoms with E-state index in [4.69, 9.17) is 11.2 Å². The summed E-state index contributed by atoms with van der Waals surface area (Å²) in [6.07, 6.45) is 5.42. The van der Waals surface area contributed by atoms with E-state index in [1.54, 1.807) is 51.1 Å². The molecule has 0 aliphatic carbocycles. The smallest absolute Gasteiger partial charge is 0.322 e. The normalized spacial score (nSPS) is 12.4. The van der Waals surface area contributed by atoms with Crippen LogP contribution in [0.4, 0.5) is 0 Å². The lowest BCUT2D eigenvalue weighted by atomic mass is 10.1. The molecule has 0 saturated carbocycles. The third-order valence-corrected chi connectivity index (χ3v) is 7.06. The largest absolute Gasteiger partial charge is 0.496 e. The maximum atomic E-state index is 13.6. The first kappa shape index (κ1) is 22.5. The van der Waals surface area contributed by atoms with Crippen LogP contribution in [0.1, 0.15) is 22.3 Å². The molecule has 1 N–H and O–H groups in total. The molecular formula is C22H25NO5S. The highest BCUT2D eigenvalue weighted by atomic mass is 32.2. The van der Waals surface area contributed by atoms with E-state index in [2.05, 4.69) is 5.92 Å². The Morgan fingerprint density at radius 1 is 1.21 bits per heavy atom. The minimum atomic E-state index is -4.18. The van der Waals surface area contributed by atoms with Crippen LogP contribution in [0.25, 0.3) is 0 Å². The van der Waals surface area contributed by atoms with E-state index in [0.29, 0.717) is 28.0 Å². The molecule has 0 amide bonds. The Morgan fingerprint density at radius 2 is 1.83 bits per heavy atom. The van der Waals surface area contributed by atoms with Crippen molar-refractivity contribution in [3.05, 3.63) is 58.7 Å². The molecule has 0 aromatic heterocycles. The summed E-state index contributed by atoms with van der Waals surface area (Å²) in [4.78, 5) is 12.1. The summed E-state index contributed by atoms with van der Waals surface area (Å²) in [5.74, 6) is 1.61. The van der Waals surface area contributed by atoms with E-state index in [0.717, 1.165) is 4.31 Å². The van der Waals surface area contributed by atoms with Crippen LogP contribution in [0.15, 0.2) is 41.3 Å². The third kappa shape index (κ3) is 4.61. The number of ether oxygens (including phenoxy) is 1. The lowest BCUT2D eigenvalue weighted by Gasteiger charge is -2.28. The van der Waals surface area contributed by atoms with Crippen LogP contribution in [-0.2, 0) is 21.2 Å². The molecule has 0 spiro atoms. The highest BCUT2D eigenvalue weighted by molar-refractivity contribution is 7.89. The Bertz CT molecular complexity index is 1040. The van der Waals surface area contributed by atoms with Crippen LogP contribution in [0.5, 0.6) is 5.75 Å². The molecule has 0 heterocycles. The number of methoxy groups -OCH3 is 1. The molecule has 0 bridgehead atoms. The van der Waals surface area contributed by atoms with Gasteiger partial charge in [0.1, 0.15) is 11.8 Å². The zero-order valence-corrected chi connectivity index (χ0v) is 17.8. The Labute approximate surface area is 172 Å². The van der Waals surface area contributed by atoms with E-state index in [1.807, 2.05) is 6.07 Å². The van der Waals surface area contributed by atoms with Crippen LogP contribution in [0, 0.1) is 33.1 Å². The van der Waals surface area contributed by atoms with Gasteiger partial charge in [0.2, 0.25) is 10.0 Å². The second-order valence-electron chi connectivity index (χ2n) is 6.77. The van der Waals surface area contributed by atoms with Crippen molar-refractivity contribution in [2.75, 3.05) is 13.7 Å². The fourth-order valence-electron chi connectivity index (χ4n) is 3.35. The van der Waals surface area contributed by atoms with Crippen LogP contribution >= 0.6 is 0 Å². The Kier molecular flexibility index (Phi) is 7.07. The molecule has 154 valence electrons. The van der Waals surface area contributed by atoms with E-state index in [-0.39, 0.29) is 17.9 Å². The van der Waals surface area contributed by atoms with Crippen molar-refractivity contribution in [2.24, 2.45) is 0 Å². The Morgan fingerprint density at radius 3 is 2.34 bits per heavy atom. The minimum absolute atomic E-state index is 0.00428. The number of benzene rings is 2. The highest BCUT2D eigenvalue weighted by Gasteiger charge is 2.37. The number of carboxylic acids is 1. The van der Waals surface area contributed by atoms with E-state index in [9.17, 15) is 18.3 Å². The number of hydrogen-bond acceptors (Lipinski definition) is 4. The number of aryl methyl sites for hydroxylation is 1. The van der Waals surface area contributed by atoms with E-state index >= 15 is 0 Å². The van der Waals surface area contributed by atoms with Gasteiger partial charge in [-0.1, -0.05) is 36.3 Å². The summed E-state index contributed by atoms with van der Waals surface area (Å²) in [7, 11) is -2.67. The molecule has 0 radical (unpaired) electrons. The van der Waals surface area contributed by atoms with Crippen molar-refractivity contribution < 1.29 is 23.1 Å². The summed E-state index contributed by atoms with van der Waals surface area (Å²) in [6, 6.07) is 9.16. The van der Waals surface area contributed by atoms with Gasteiger partial charge in [0.25, 0.3) is 0 Å². The van der Waals surface area contributed by atoms with E-state index in [1.165, 1.54) is 7.11 Å². The Balaban J connectivity index is 2.63. The average Bonchev–Trinajstić information content (AvgIpc) is 2.67. The molecule has 29 heavy (non-hydrogen) atoms. The molecule has 7 heteroatoms. The van der Waals surface area contributed by atoms with Gasteiger partial charge in [0.15, 0.2) is 0 Å². The van der Waals surface area contributed by atoms with Gasteiger partial charge in [0, 0.05) is 0 Å². The molecular weight excluding hydrogens is 390 g/mol. The van der Waals surface area contributed by atoms with E-state index < -0.39 is 22.0 Å². The monoisotopic (exact) mass is 415 g/mol. The zero-order valence-electron chi connectivity index (χ0n) is 17.0. The fraction of sp³-hybridized carbons (Fsp3) is 0.318. The molecule has 0 aliphatic heterocycles. The van der Waals surface area contributed by atoms with Gasteiger partial charge in [-0.15, -0.1) is 6.42 Å². The highest BCUT2D eigenvalue weighted by Crippen LogP contribution is 2.33. The van der Waals surface area contributed by atoms with Gasteiger partial charge >= 0.3 is 5.97 Å². The lowest BCUT2D eigenvalue weighted by Crippen LogP contribution is -2.47. The molecule has 0 saturated heterocycles. The fourth-order valence-corrected chi connectivity index (χ4v) is 5.33. The second kappa shape index (κ2) is 9.12. The minimum Gasteiger partial charge on any atom is -0.496 e. The first-order valence-electron chi connectivity index (χ1n) is 9.02. The predicted octanol–water partition coefficient (Wildman–Crippen LogP) is 2.94. The molecule has 2 rings (SSSR count). The molecule has 2 aromatic carbocycles. The number of sulfonamides is 1. The van der Waals surface area contributed by atoms with Crippen molar-refractivity contribution in [1.29, 1.82) is 0 Å². The number of carboxylic acid groups (broad SMARTS) is 1. The predicted molar refractivity (Wildman–Crippen MR) is 111 cm³/mol. The van der Waals surface area contributed by atoms with Crippen LogP contribution in [0.2, 0.25) is 0 Å². The van der Waals surface area contributed by atoms with Crippen molar-refractivity contribution in [3.8, 4) is 18.1 Å². The van der Waals surface area contributed by atoms with Crippen LogP contribution in [-0.4, -0.2) is 43.5 Å². The number of terminal acetylenes is 1. The van der Waals surface area contributed by atoms with Crippen molar-refractivity contribution in [3.63, 3.8) is 0 Å².